The summed E-state index contributed by atoms with van der Waals surface area (Å²) in [6.45, 7) is 0. The van der Waals surface area contributed by atoms with Gasteiger partial charge in [-0.1, -0.05) is 0 Å². The third kappa shape index (κ3) is 37200. The van der Waals surface area contributed by atoms with Crippen molar-refractivity contribution in [1.82, 2.24) is 0 Å². The van der Waals surface area contributed by atoms with Gasteiger partial charge in [-0.15, -0.1) is 0 Å². The van der Waals surface area contributed by atoms with Gasteiger partial charge >= 0.3 is 17.1 Å². The van der Waals surface area contributed by atoms with Crippen molar-refractivity contribution in [1.29, 1.82) is 0 Å². The van der Waals surface area contributed by atoms with Gasteiger partial charge < -0.3 is 34.3 Å². The van der Waals surface area contributed by atoms with Gasteiger partial charge in [0.05, 0.1) is 0 Å². The van der Waals surface area contributed by atoms with Crippen molar-refractivity contribution in [3.63, 3.8) is 0 Å². The quantitative estimate of drug-likeness (QED) is 0.286. The van der Waals surface area contributed by atoms with E-state index in [1.807, 2.05) is 0 Å². The molecule has 0 aliphatic rings. The van der Waals surface area contributed by atoms with Gasteiger partial charge in [0.1, 0.15) is 0 Å². The van der Waals surface area contributed by atoms with Crippen LogP contribution in [0.3, 0.4) is 0 Å². The summed E-state index contributed by atoms with van der Waals surface area (Å²) in [5, 5.41) is 16.7. The number of carboxylic acid groups (broad SMARTS) is 2. The van der Waals surface area contributed by atoms with E-state index in [4.69, 9.17) is 34.3 Å². The normalized spacial score (nSPS) is 8.30. The Labute approximate surface area is 66.0 Å². The van der Waals surface area contributed by atoms with Crippen LogP contribution in [-0.2, 0) is 21.6 Å². The Balaban J connectivity index is -0.0000000910. The van der Waals surface area contributed by atoms with E-state index in [0.717, 1.165) is 0 Å². The van der Waals surface area contributed by atoms with E-state index in [9.17, 15) is 0 Å². The summed E-state index contributed by atoms with van der Waals surface area (Å²) >= 11 is 0. The molecule has 10 heavy (non-hydrogen) atoms. The largest absolute Gasteiger partial charge is 5.00 e. The fourth-order valence-electron chi connectivity index (χ4n) is 0. The number of carbonyl (C=O) groups is 1. The van der Waals surface area contributed by atoms with Crippen molar-refractivity contribution in [3.8, 4) is 0 Å². The van der Waals surface area contributed by atoms with Crippen molar-refractivity contribution in [2.75, 3.05) is 0 Å². The standard InChI is InChI=1S/CH2O3.Fe.H3O4P/c2-1(3)4;;1-5(2,3)4/h(H2,2,3,4);;(H3,1,2,3,4)/q;+5;/p-5. The van der Waals surface area contributed by atoms with E-state index >= 15 is 0 Å². The maximum absolute atomic E-state index is 8.55. The summed E-state index contributed by atoms with van der Waals surface area (Å²) in [6, 6.07) is 0. The van der Waals surface area contributed by atoms with Crippen LogP contribution in [0.4, 0.5) is 4.79 Å². The SMILES string of the molecule is O=C([O-])[O-].O=P([O-])([O-])[O-].[Fe+5]. The first-order valence-electron chi connectivity index (χ1n) is 1.34. The molecule has 0 N–H and O–H groups in total. The number of hydrogen-bond acceptors (Lipinski definition) is 7. The zero-order chi connectivity index (χ0) is 8.08. The van der Waals surface area contributed by atoms with Gasteiger partial charge in [0.25, 0.3) is 0 Å². The van der Waals surface area contributed by atoms with Crippen molar-refractivity contribution in [3.05, 3.63) is 0 Å². The van der Waals surface area contributed by atoms with E-state index in [0.29, 0.717) is 0 Å². The third-order valence-electron chi connectivity index (χ3n) is 0. The van der Waals surface area contributed by atoms with Crippen molar-refractivity contribution < 1.29 is 51.3 Å². The van der Waals surface area contributed by atoms with Crippen LogP contribution < -0.4 is 24.9 Å². The molecule has 0 aliphatic heterocycles. The first-order chi connectivity index (χ1) is 3.73. The van der Waals surface area contributed by atoms with E-state index in [1.165, 1.54) is 0 Å². The van der Waals surface area contributed by atoms with E-state index in [-0.39, 0.29) is 17.1 Å². The van der Waals surface area contributed by atoms with Crippen LogP contribution in [0, 0.1) is 0 Å². The minimum absolute atomic E-state index is 0. The molecule has 0 amide bonds. The molecule has 0 spiro atoms. The van der Waals surface area contributed by atoms with Crippen LogP contribution >= 0.6 is 7.82 Å². The Hall–Kier alpha value is -0.101. The molecule has 0 unspecified atom stereocenters. The minimum Gasteiger partial charge on any atom is -0.822 e. The summed E-state index contributed by atoms with van der Waals surface area (Å²) in [6.07, 6.45) is -2.33. The van der Waals surface area contributed by atoms with E-state index in [2.05, 4.69) is 0 Å². The van der Waals surface area contributed by atoms with Gasteiger partial charge in [0, 0.05) is 0 Å². The first-order valence-corrected chi connectivity index (χ1v) is 2.80. The smallest absolute Gasteiger partial charge is 0.822 e. The van der Waals surface area contributed by atoms with Crippen molar-refractivity contribution in [2.24, 2.45) is 0 Å². The molecule has 59 valence electrons. The van der Waals surface area contributed by atoms with Crippen LogP contribution in [0.25, 0.3) is 0 Å². The number of rotatable bonds is 0. The second kappa shape index (κ2) is 7.01. The Morgan fingerprint density at radius 2 is 1.10 bits per heavy atom. The number of hydrogen-bond donors (Lipinski definition) is 0. The maximum atomic E-state index is 8.55. The maximum Gasteiger partial charge on any atom is 5.00 e. The Kier molecular flexibility index (Phi) is 11.5. The van der Waals surface area contributed by atoms with Crippen LogP contribution in [0.1, 0.15) is 0 Å². The average Bonchev–Trinajstić information content (AvgIpc) is 1.19. The fourth-order valence-corrected chi connectivity index (χ4v) is 0. The molecule has 0 atom stereocenters. The second-order valence-electron chi connectivity index (χ2n) is 0.697. The van der Waals surface area contributed by atoms with Gasteiger partial charge in [-0.25, -0.2) is 0 Å². The molecule has 0 bridgehead atoms. The fraction of sp³-hybridized carbons (Fsp3) is 0. The molecule has 0 saturated carbocycles. The van der Waals surface area contributed by atoms with Crippen LogP contribution in [0.2, 0.25) is 0 Å². The summed E-state index contributed by atoms with van der Waals surface area (Å²) in [4.78, 5) is 34.0. The van der Waals surface area contributed by atoms with Gasteiger partial charge in [-0.2, -0.15) is 7.82 Å². The second-order valence-corrected chi connectivity index (χ2v) is 1.59. The molecule has 0 rings (SSSR count). The molecule has 0 aromatic heterocycles. The molecule has 9 heteroatoms. The summed E-state index contributed by atoms with van der Waals surface area (Å²) in [7, 11) is -5.39. The van der Waals surface area contributed by atoms with Gasteiger partial charge in [-0.05, 0) is 6.16 Å². The third-order valence-corrected chi connectivity index (χ3v) is 0. The molecular weight excluding hydrogens is 211 g/mol. The predicted octanol–water partition coefficient (Wildman–Crippen LogP) is -5.27. The van der Waals surface area contributed by atoms with Crippen molar-refractivity contribution >= 4 is 14.0 Å². The van der Waals surface area contributed by atoms with Gasteiger partial charge in [0.15, 0.2) is 0 Å². The monoisotopic (exact) mass is 211 g/mol. The molecule has 0 aromatic carbocycles. The zero-order valence-corrected chi connectivity index (χ0v) is 6.16. The van der Waals surface area contributed by atoms with E-state index in [1.54, 1.807) is 0 Å². The van der Waals surface area contributed by atoms with Gasteiger partial charge in [0.2, 0.25) is 0 Å². The molecule has 0 heterocycles. The molecule has 1 radical (unpaired) electrons. The van der Waals surface area contributed by atoms with Crippen LogP contribution in [0.5, 0.6) is 0 Å². The van der Waals surface area contributed by atoms with E-state index < -0.39 is 14.0 Å². The number of phosphoric acid groups is 1. The number of carbonyl (C=O) groups excluding carboxylic acids is 1. The Morgan fingerprint density at radius 3 is 1.10 bits per heavy atom. The molecule has 0 aliphatic carbocycles. The average molecular weight is 211 g/mol. The summed E-state index contributed by atoms with van der Waals surface area (Å²) in [5.74, 6) is 0. The summed E-state index contributed by atoms with van der Waals surface area (Å²) < 4.78 is 8.55. The van der Waals surface area contributed by atoms with Crippen LogP contribution in [0.15, 0.2) is 0 Å². The Bertz CT molecular complexity index is 113. The topological polar surface area (TPSA) is 149 Å². The predicted molar refractivity (Wildman–Crippen MR) is 13.0 cm³/mol. The zero-order valence-electron chi connectivity index (χ0n) is 4.16. The molecule has 0 fully saturated rings. The first kappa shape index (κ1) is 16.5. The van der Waals surface area contributed by atoms with Gasteiger partial charge in [-0.3, -0.25) is 0 Å². The molecule has 0 aromatic rings. The van der Waals surface area contributed by atoms with Crippen molar-refractivity contribution in [2.45, 2.75) is 0 Å². The molecular formula is CFeO7P. The minimum atomic E-state index is -5.39. The van der Waals surface area contributed by atoms with Crippen LogP contribution in [-0.4, -0.2) is 6.16 Å². The Morgan fingerprint density at radius 1 is 1.10 bits per heavy atom. The molecule has 0 saturated heterocycles. The summed E-state index contributed by atoms with van der Waals surface area (Å²) in [5.41, 5.74) is 0. The molecule has 7 nitrogen and oxygen atoms in total.